The normalized spacial score (nSPS) is 20.1. The van der Waals surface area contributed by atoms with Crippen LogP contribution in [0.15, 0.2) is 15.8 Å². The van der Waals surface area contributed by atoms with E-state index in [1.165, 1.54) is 51.4 Å². The molecule has 2 heterocycles. The average molecular weight is 693 g/mol. The number of nitrogens with zero attached hydrogens (tertiary/aromatic N) is 1. The Morgan fingerprint density at radius 2 is 1.44 bits per heavy atom. The number of hydrogen-bond donors (Lipinski definition) is 3. The highest BCUT2D eigenvalue weighted by atomic mass is 32.2. The molecule has 3 N–H and O–H groups in total. The molecule has 45 heavy (non-hydrogen) atoms. The van der Waals surface area contributed by atoms with Crippen LogP contribution >= 0.6 is 19.6 Å². The summed E-state index contributed by atoms with van der Waals surface area (Å²) in [7, 11) is -4.40. The third-order valence-corrected chi connectivity index (χ3v) is 9.59. The van der Waals surface area contributed by atoms with E-state index in [-0.39, 0.29) is 19.4 Å². The number of alkyl halides is 3. The van der Waals surface area contributed by atoms with Gasteiger partial charge in [-0.3, -0.25) is 23.4 Å². The van der Waals surface area contributed by atoms with Gasteiger partial charge in [-0.15, -0.1) is 0 Å². The molecule has 16 heteroatoms. The lowest BCUT2D eigenvalue weighted by Crippen LogP contribution is -2.34. The fourth-order valence-electron chi connectivity index (χ4n) is 5.06. The van der Waals surface area contributed by atoms with Crippen LogP contribution in [0.1, 0.15) is 115 Å². The van der Waals surface area contributed by atoms with E-state index in [1.54, 1.807) is 16.7 Å². The van der Waals surface area contributed by atoms with Crippen molar-refractivity contribution >= 4 is 19.6 Å². The van der Waals surface area contributed by atoms with Gasteiger partial charge >= 0.3 is 19.7 Å². The third kappa shape index (κ3) is 18.1. The fourth-order valence-corrected chi connectivity index (χ4v) is 6.73. The molecule has 0 bridgehead atoms. The van der Waals surface area contributed by atoms with E-state index in [2.05, 4.69) is 0 Å². The predicted octanol–water partition coefficient (Wildman–Crippen LogP) is 6.99. The van der Waals surface area contributed by atoms with Gasteiger partial charge in [0.25, 0.3) is 5.56 Å². The minimum atomic E-state index is -4.40. The van der Waals surface area contributed by atoms with Gasteiger partial charge in [-0.2, -0.15) is 29.3 Å². The van der Waals surface area contributed by atoms with Gasteiger partial charge in [-0.25, -0.2) is 9.36 Å². The van der Waals surface area contributed by atoms with Gasteiger partial charge in [0.2, 0.25) is 5.82 Å². The first-order valence-corrected chi connectivity index (χ1v) is 18.6. The molecule has 0 amide bonds. The van der Waals surface area contributed by atoms with Crippen molar-refractivity contribution < 1.29 is 45.9 Å². The monoisotopic (exact) mass is 692 g/mol. The van der Waals surface area contributed by atoms with Crippen LogP contribution in [-0.4, -0.2) is 62.7 Å². The molecule has 1 saturated heterocycles. The number of phosphoric acid groups is 1. The van der Waals surface area contributed by atoms with E-state index in [0.29, 0.717) is 18.4 Å². The smallest absolute Gasteiger partial charge is 0.390 e. The van der Waals surface area contributed by atoms with E-state index in [0.717, 1.165) is 42.4 Å². The molecule has 0 aliphatic carbocycles. The number of H-pyrrole nitrogens is 1. The number of nitrogens with one attached hydrogen (secondary N) is 1. The standard InChI is InChI=1S/C29H49F4N2O8PS/c30-23-21-35(28(38)34-27(23)37)26-20-24(36)25(43-26)22-42-44(39,40)41-17-19-45-18-15-13-11-9-7-5-3-1-2-4-6-8-10-12-14-16-29(31,32)33/h21,24-26,36H,1-20,22H2,(H,39,40)(H,34,37,38)/t24-,25+,26+/m0/s1. The van der Waals surface area contributed by atoms with Gasteiger partial charge in [0, 0.05) is 18.6 Å². The molecule has 262 valence electrons. The van der Waals surface area contributed by atoms with Crippen LogP contribution in [-0.2, 0) is 18.3 Å². The van der Waals surface area contributed by atoms with E-state index < -0.39 is 62.5 Å². The first-order valence-electron chi connectivity index (χ1n) is 16.0. The lowest BCUT2D eigenvalue weighted by atomic mass is 10.0. The molecule has 1 aliphatic heterocycles. The third-order valence-electron chi connectivity index (χ3n) is 7.57. The molecule has 10 nitrogen and oxygen atoms in total. The van der Waals surface area contributed by atoms with Crippen molar-refractivity contribution in [3.8, 4) is 0 Å². The SMILES string of the molecule is O=c1[nH]c(=O)n([C@H]2C[C@H](O)[C@@H](COP(=O)(O)OCCSCCCCCCCCCCCCCCCCCC(F)(F)F)O2)cc1F. The minimum absolute atomic E-state index is 0.00313. The Balaban J connectivity index is 1.38. The molecule has 2 rings (SSSR count). The number of aliphatic hydroxyl groups is 1. The zero-order valence-corrected chi connectivity index (χ0v) is 27.5. The first kappa shape index (κ1) is 40.0. The van der Waals surface area contributed by atoms with Crippen molar-refractivity contribution in [3.05, 3.63) is 32.9 Å². The van der Waals surface area contributed by atoms with Crippen molar-refractivity contribution in [2.45, 2.75) is 134 Å². The van der Waals surface area contributed by atoms with Crippen molar-refractivity contribution in [3.63, 3.8) is 0 Å². The Morgan fingerprint density at radius 1 is 0.911 bits per heavy atom. The molecule has 4 atom stereocenters. The average Bonchev–Trinajstić information content (AvgIpc) is 3.34. The number of phosphoric ester groups is 1. The highest BCUT2D eigenvalue weighted by molar-refractivity contribution is 7.99. The quantitative estimate of drug-likeness (QED) is 0.0562. The number of aromatic amines is 1. The highest BCUT2D eigenvalue weighted by Gasteiger charge is 2.37. The van der Waals surface area contributed by atoms with Gasteiger partial charge in [0.05, 0.1) is 25.5 Å². The molecule has 1 unspecified atom stereocenters. The summed E-state index contributed by atoms with van der Waals surface area (Å²) in [6.45, 7) is -0.484. The molecule has 0 radical (unpaired) electrons. The number of ether oxygens (including phenoxy) is 1. The van der Waals surface area contributed by atoms with Crippen LogP contribution in [0.4, 0.5) is 17.6 Å². The second-order valence-corrected chi connectivity index (χ2v) is 14.1. The number of hydrogen-bond acceptors (Lipinski definition) is 8. The summed E-state index contributed by atoms with van der Waals surface area (Å²) in [6, 6.07) is 0. The molecule has 0 saturated carbocycles. The van der Waals surface area contributed by atoms with Gasteiger partial charge < -0.3 is 14.7 Å². The minimum Gasteiger partial charge on any atom is -0.390 e. The van der Waals surface area contributed by atoms with Gasteiger partial charge in [-0.05, 0) is 18.6 Å². The zero-order valence-electron chi connectivity index (χ0n) is 25.8. The molecule has 1 fully saturated rings. The summed E-state index contributed by atoms with van der Waals surface area (Å²) in [5.74, 6) is 0.234. The maximum atomic E-state index is 13.5. The number of unbranched alkanes of at least 4 members (excludes halogenated alkanes) is 14. The number of thioether (sulfide) groups is 1. The summed E-state index contributed by atoms with van der Waals surface area (Å²) in [6.07, 6.45) is 8.35. The predicted molar refractivity (Wildman–Crippen MR) is 165 cm³/mol. The molecule has 0 aromatic carbocycles. The zero-order chi connectivity index (χ0) is 33.1. The van der Waals surface area contributed by atoms with E-state index in [9.17, 15) is 41.7 Å². The Kier molecular flexibility index (Phi) is 19.2. The Labute approximate surface area is 266 Å². The van der Waals surface area contributed by atoms with Gasteiger partial charge in [0.15, 0.2) is 0 Å². The maximum absolute atomic E-state index is 13.5. The van der Waals surface area contributed by atoms with Crippen LogP contribution in [0, 0.1) is 5.82 Å². The molecule has 1 aliphatic rings. The van der Waals surface area contributed by atoms with Crippen molar-refractivity contribution in [1.29, 1.82) is 0 Å². The van der Waals surface area contributed by atoms with Crippen LogP contribution in [0.2, 0.25) is 0 Å². The molecule has 0 spiro atoms. The van der Waals surface area contributed by atoms with Crippen LogP contribution in [0.25, 0.3) is 0 Å². The Morgan fingerprint density at radius 3 is 2.00 bits per heavy atom. The number of aromatic nitrogens is 2. The summed E-state index contributed by atoms with van der Waals surface area (Å²) in [4.78, 5) is 34.8. The van der Waals surface area contributed by atoms with E-state index >= 15 is 0 Å². The van der Waals surface area contributed by atoms with Crippen LogP contribution in [0.5, 0.6) is 0 Å². The Hall–Kier alpha value is -1.22. The lowest BCUT2D eigenvalue weighted by molar-refractivity contribution is -0.135. The van der Waals surface area contributed by atoms with Crippen molar-refractivity contribution in [2.24, 2.45) is 0 Å². The second kappa shape index (κ2) is 21.6. The molecular formula is C29H49F4N2O8PS. The largest absolute Gasteiger partial charge is 0.472 e. The Bertz CT molecular complexity index is 1120. The van der Waals surface area contributed by atoms with Gasteiger partial charge in [0.1, 0.15) is 12.3 Å². The molecule has 1 aromatic rings. The van der Waals surface area contributed by atoms with Crippen LogP contribution in [0.3, 0.4) is 0 Å². The van der Waals surface area contributed by atoms with Crippen molar-refractivity contribution in [2.75, 3.05) is 24.7 Å². The molecule has 1 aromatic heterocycles. The summed E-state index contributed by atoms with van der Waals surface area (Å²) >= 11 is 1.62. The first-order chi connectivity index (χ1) is 21.4. The number of aliphatic hydroxyl groups excluding tert-OH is 1. The summed E-state index contributed by atoms with van der Waals surface area (Å²) < 4.78 is 78.2. The summed E-state index contributed by atoms with van der Waals surface area (Å²) in [5.41, 5.74) is -2.09. The van der Waals surface area contributed by atoms with E-state index in [1.807, 2.05) is 0 Å². The van der Waals surface area contributed by atoms with Crippen LogP contribution < -0.4 is 11.2 Å². The highest BCUT2D eigenvalue weighted by Crippen LogP contribution is 2.44. The fraction of sp³-hybridized carbons (Fsp3) is 0.862. The second-order valence-electron chi connectivity index (χ2n) is 11.5. The maximum Gasteiger partial charge on any atom is 0.472 e. The van der Waals surface area contributed by atoms with Gasteiger partial charge in [-0.1, -0.05) is 83.5 Å². The van der Waals surface area contributed by atoms with Crippen molar-refractivity contribution in [1.82, 2.24) is 9.55 Å². The number of rotatable bonds is 25. The summed E-state index contributed by atoms with van der Waals surface area (Å²) in [5, 5.41) is 10.2. The lowest BCUT2D eigenvalue weighted by Gasteiger charge is -2.18. The molecular weight excluding hydrogens is 643 g/mol. The topological polar surface area (TPSA) is 140 Å². The number of halogens is 4. The van der Waals surface area contributed by atoms with E-state index in [4.69, 9.17) is 13.8 Å².